The summed E-state index contributed by atoms with van der Waals surface area (Å²) in [6.45, 7) is 0. The van der Waals surface area contributed by atoms with Crippen LogP contribution in [0.4, 0.5) is 0 Å². The number of nitrogens with zero attached hydrogens (tertiary/aromatic N) is 3. The molecule has 0 N–H and O–H groups in total. The van der Waals surface area contributed by atoms with Crippen LogP contribution < -0.4 is 0 Å². The third kappa shape index (κ3) is 2.67. The van der Waals surface area contributed by atoms with Gasteiger partial charge in [0.25, 0.3) is 0 Å². The van der Waals surface area contributed by atoms with E-state index >= 15 is 0 Å². The molecule has 0 radical (unpaired) electrons. The zero-order valence-corrected chi connectivity index (χ0v) is 12.7. The lowest BCUT2D eigenvalue weighted by molar-refractivity contribution is 0.761. The van der Waals surface area contributed by atoms with Crippen LogP contribution in [-0.2, 0) is 18.7 Å². The summed E-state index contributed by atoms with van der Waals surface area (Å²) in [6.07, 6.45) is 3.65. The molecule has 2 aromatic heterocycles. The van der Waals surface area contributed by atoms with Gasteiger partial charge < -0.3 is 4.57 Å². The summed E-state index contributed by atoms with van der Waals surface area (Å²) >= 11 is 7.57. The SMILES string of the molecule is Cn1c(CCl)cnc1SCc1ccc2ncccc2c1. The Kier molecular flexibility index (Phi) is 3.94. The summed E-state index contributed by atoms with van der Waals surface area (Å²) in [6, 6.07) is 10.4. The molecule has 0 saturated heterocycles. The molecule has 20 heavy (non-hydrogen) atoms. The van der Waals surface area contributed by atoms with Crippen molar-refractivity contribution in [2.75, 3.05) is 0 Å². The van der Waals surface area contributed by atoms with Gasteiger partial charge in [-0.05, 0) is 23.8 Å². The minimum Gasteiger partial charge on any atom is -0.325 e. The van der Waals surface area contributed by atoms with Gasteiger partial charge in [0.2, 0.25) is 0 Å². The minimum absolute atomic E-state index is 0.492. The summed E-state index contributed by atoms with van der Waals surface area (Å²) in [5.74, 6) is 1.38. The van der Waals surface area contributed by atoms with E-state index in [0.717, 1.165) is 22.1 Å². The molecule has 102 valence electrons. The average molecular weight is 304 g/mol. The van der Waals surface area contributed by atoms with Crippen molar-refractivity contribution in [2.45, 2.75) is 16.8 Å². The first-order valence-electron chi connectivity index (χ1n) is 6.31. The molecule has 3 aromatic rings. The third-order valence-corrected chi connectivity index (χ3v) is 4.60. The first-order chi connectivity index (χ1) is 9.78. The Morgan fingerprint density at radius 1 is 1.25 bits per heavy atom. The van der Waals surface area contributed by atoms with Crippen molar-refractivity contribution in [1.82, 2.24) is 14.5 Å². The maximum atomic E-state index is 5.85. The van der Waals surface area contributed by atoms with Gasteiger partial charge in [-0.3, -0.25) is 4.98 Å². The molecule has 0 atom stereocenters. The van der Waals surface area contributed by atoms with Crippen LogP contribution in [0.15, 0.2) is 47.9 Å². The maximum absolute atomic E-state index is 5.85. The fourth-order valence-corrected chi connectivity index (χ4v) is 3.21. The van der Waals surface area contributed by atoms with E-state index in [4.69, 9.17) is 11.6 Å². The number of alkyl halides is 1. The highest BCUT2D eigenvalue weighted by molar-refractivity contribution is 7.98. The van der Waals surface area contributed by atoms with E-state index < -0.39 is 0 Å². The lowest BCUT2D eigenvalue weighted by atomic mass is 10.1. The van der Waals surface area contributed by atoms with Gasteiger partial charge >= 0.3 is 0 Å². The second-order valence-electron chi connectivity index (χ2n) is 4.54. The molecule has 0 amide bonds. The Morgan fingerprint density at radius 2 is 2.15 bits per heavy atom. The monoisotopic (exact) mass is 303 g/mol. The Labute approximate surface area is 127 Å². The number of thioether (sulfide) groups is 1. The molecular weight excluding hydrogens is 290 g/mol. The number of benzene rings is 1. The molecule has 3 nitrogen and oxygen atoms in total. The average Bonchev–Trinajstić information content (AvgIpc) is 2.85. The topological polar surface area (TPSA) is 30.7 Å². The molecule has 0 aliphatic carbocycles. The van der Waals surface area contributed by atoms with Crippen LogP contribution in [0.25, 0.3) is 10.9 Å². The highest BCUT2D eigenvalue weighted by atomic mass is 35.5. The van der Waals surface area contributed by atoms with Crippen LogP contribution in [0, 0.1) is 0 Å². The number of imidazole rings is 1. The van der Waals surface area contributed by atoms with Gasteiger partial charge in [-0.1, -0.05) is 23.9 Å². The van der Waals surface area contributed by atoms with E-state index in [1.807, 2.05) is 30.1 Å². The van der Waals surface area contributed by atoms with Crippen LogP contribution in [0.5, 0.6) is 0 Å². The van der Waals surface area contributed by atoms with E-state index in [1.165, 1.54) is 10.9 Å². The summed E-state index contributed by atoms with van der Waals surface area (Å²) in [4.78, 5) is 8.72. The first-order valence-corrected chi connectivity index (χ1v) is 7.83. The first kappa shape index (κ1) is 13.5. The number of fused-ring (bicyclic) bond motifs is 1. The van der Waals surface area contributed by atoms with Crippen molar-refractivity contribution < 1.29 is 0 Å². The smallest absolute Gasteiger partial charge is 0.168 e. The Morgan fingerprint density at radius 3 is 2.95 bits per heavy atom. The number of halogens is 1. The number of aromatic nitrogens is 3. The van der Waals surface area contributed by atoms with Gasteiger partial charge in [0.15, 0.2) is 5.16 Å². The summed E-state index contributed by atoms with van der Waals surface area (Å²) in [5.41, 5.74) is 3.34. The molecule has 0 spiro atoms. The molecular formula is C15H14ClN3S. The standard InChI is InChI=1S/C15H14ClN3S/c1-19-13(8-16)9-18-15(19)20-10-11-4-5-14-12(7-11)3-2-6-17-14/h2-7,9H,8,10H2,1H3. The largest absolute Gasteiger partial charge is 0.325 e. The molecule has 3 rings (SSSR count). The quantitative estimate of drug-likeness (QED) is 0.539. The second kappa shape index (κ2) is 5.85. The van der Waals surface area contributed by atoms with Crippen molar-refractivity contribution in [2.24, 2.45) is 7.05 Å². The van der Waals surface area contributed by atoms with Gasteiger partial charge in [-0.25, -0.2) is 4.98 Å². The van der Waals surface area contributed by atoms with E-state index in [-0.39, 0.29) is 0 Å². The number of hydrogen-bond acceptors (Lipinski definition) is 3. The molecule has 0 fully saturated rings. The molecule has 0 bridgehead atoms. The van der Waals surface area contributed by atoms with Crippen molar-refractivity contribution in [3.05, 3.63) is 54.0 Å². The van der Waals surface area contributed by atoms with E-state index in [9.17, 15) is 0 Å². The summed E-state index contributed by atoms with van der Waals surface area (Å²) in [7, 11) is 2.00. The molecule has 0 saturated carbocycles. The van der Waals surface area contributed by atoms with Crippen LogP contribution in [0.2, 0.25) is 0 Å². The van der Waals surface area contributed by atoms with Gasteiger partial charge in [0.1, 0.15) is 0 Å². The van der Waals surface area contributed by atoms with Gasteiger partial charge in [0.05, 0.1) is 23.3 Å². The van der Waals surface area contributed by atoms with Crippen molar-refractivity contribution in [1.29, 1.82) is 0 Å². The van der Waals surface area contributed by atoms with E-state index in [2.05, 4.69) is 34.2 Å². The van der Waals surface area contributed by atoms with Crippen LogP contribution in [-0.4, -0.2) is 14.5 Å². The van der Waals surface area contributed by atoms with Crippen LogP contribution >= 0.6 is 23.4 Å². The normalized spacial score (nSPS) is 11.1. The van der Waals surface area contributed by atoms with E-state index in [1.54, 1.807) is 11.8 Å². The summed E-state index contributed by atoms with van der Waals surface area (Å²) in [5, 5.41) is 2.17. The van der Waals surface area contributed by atoms with Crippen molar-refractivity contribution >= 4 is 34.3 Å². The lowest BCUT2D eigenvalue weighted by Crippen LogP contribution is -1.95. The third-order valence-electron chi connectivity index (χ3n) is 3.21. The number of hydrogen-bond donors (Lipinski definition) is 0. The molecule has 0 aliphatic heterocycles. The highest BCUT2D eigenvalue weighted by Crippen LogP contribution is 2.24. The molecule has 2 heterocycles. The number of rotatable bonds is 4. The molecule has 1 aromatic carbocycles. The highest BCUT2D eigenvalue weighted by Gasteiger charge is 2.06. The Bertz CT molecular complexity index is 739. The fraction of sp³-hybridized carbons (Fsp3) is 0.200. The van der Waals surface area contributed by atoms with Crippen LogP contribution in [0.3, 0.4) is 0 Å². The van der Waals surface area contributed by atoms with Crippen molar-refractivity contribution in [3.8, 4) is 0 Å². The predicted octanol–water partition coefficient (Wildman–Crippen LogP) is 4.00. The van der Waals surface area contributed by atoms with Gasteiger partial charge in [0, 0.05) is 24.4 Å². The zero-order valence-electron chi connectivity index (χ0n) is 11.1. The number of pyridine rings is 1. The molecule has 0 unspecified atom stereocenters. The Hall–Kier alpha value is -1.52. The zero-order chi connectivity index (χ0) is 13.9. The molecule has 5 heteroatoms. The van der Waals surface area contributed by atoms with Gasteiger partial charge in [-0.15, -0.1) is 11.6 Å². The maximum Gasteiger partial charge on any atom is 0.168 e. The van der Waals surface area contributed by atoms with E-state index in [0.29, 0.717) is 5.88 Å². The summed E-state index contributed by atoms with van der Waals surface area (Å²) < 4.78 is 2.04. The minimum atomic E-state index is 0.492. The fourth-order valence-electron chi connectivity index (χ4n) is 2.05. The second-order valence-corrected chi connectivity index (χ2v) is 5.75. The van der Waals surface area contributed by atoms with Gasteiger partial charge in [-0.2, -0.15) is 0 Å². The lowest BCUT2D eigenvalue weighted by Gasteiger charge is -2.05. The van der Waals surface area contributed by atoms with Crippen molar-refractivity contribution in [3.63, 3.8) is 0 Å². The Balaban J connectivity index is 1.77. The van der Waals surface area contributed by atoms with Crippen LogP contribution in [0.1, 0.15) is 11.3 Å². The molecule has 0 aliphatic rings. The predicted molar refractivity (Wildman–Crippen MR) is 84.1 cm³/mol.